The molecule has 0 radical (unpaired) electrons. The van der Waals surface area contributed by atoms with Crippen LogP contribution in [0.4, 0.5) is 18.9 Å². The maximum Gasteiger partial charge on any atom is 0.573 e. The molecule has 2 rings (SSSR count). The largest absolute Gasteiger partial charge is 0.573 e. The van der Waals surface area contributed by atoms with Gasteiger partial charge in [0.25, 0.3) is 5.79 Å². The fourth-order valence-electron chi connectivity index (χ4n) is 1.85. The molecule has 1 fully saturated rings. The normalized spacial score (nSPS) is 16.4. The standard InChI is InChI=1S/C15H11F3N2O5/c1-14(2)24-12(21)9(13(22)25-14)7-20-10-4-3-8(6-19)5-11(10)23-15(16,17)18/h3-5,7,20H,1-2H3. The van der Waals surface area contributed by atoms with E-state index in [9.17, 15) is 22.8 Å². The minimum atomic E-state index is -5.00. The zero-order chi connectivity index (χ0) is 18.8. The Morgan fingerprint density at radius 1 is 1.24 bits per heavy atom. The summed E-state index contributed by atoms with van der Waals surface area (Å²) in [7, 11) is 0. The first-order chi connectivity index (χ1) is 11.5. The van der Waals surface area contributed by atoms with Crippen molar-refractivity contribution in [1.29, 1.82) is 5.26 Å². The predicted octanol–water partition coefficient (Wildman–Crippen LogP) is 2.59. The van der Waals surface area contributed by atoms with E-state index in [4.69, 9.17) is 14.7 Å². The molecule has 0 aromatic heterocycles. The second-order valence-electron chi connectivity index (χ2n) is 5.25. The Balaban J connectivity index is 2.30. The van der Waals surface area contributed by atoms with E-state index in [-0.39, 0.29) is 11.3 Å². The lowest BCUT2D eigenvalue weighted by atomic mass is 10.2. The molecule has 1 aromatic rings. The second kappa shape index (κ2) is 6.35. The first-order valence-corrected chi connectivity index (χ1v) is 6.74. The summed E-state index contributed by atoms with van der Waals surface area (Å²) < 4.78 is 50.9. The van der Waals surface area contributed by atoms with Crippen LogP contribution in [0, 0.1) is 11.3 Å². The monoisotopic (exact) mass is 356 g/mol. The van der Waals surface area contributed by atoms with E-state index in [0.29, 0.717) is 0 Å². The summed E-state index contributed by atoms with van der Waals surface area (Å²) in [5.41, 5.74) is -0.841. The molecule has 25 heavy (non-hydrogen) atoms. The number of alkyl halides is 3. The van der Waals surface area contributed by atoms with Gasteiger partial charge < -0.3 is 19.5 Å². The Morgan fingerprint density at radius 3 is 2.36 bits per heavy atom. The van der Waals surface area contributed by atoms with Gasteiger partial charge in [-0.3, -0.25) is 0 Å². The van der Waals surface area contributed by atoms with Crippen LogP contribution in [0.25, 0.3) is 0 Å². The Kier molecular flexibility index (Phi) is 4.60. The number of halogens is 3. The molecule has 1 N–H and O–H groups in total. The van der Waals surface area contributed by atoms with Crippen LogP contribution in [0.1, 0.15) is 19.4 Å². The van der Waals surface area contributed by atoms with Crippen LogP contribution in [0.2, 0.25) is 0 Å². The van der Waals surface area contributed by atoms with Crippen molar-refractivity contribution in [2.45, 2.75) is 26.0 Å². The number of rotatable bonds is 3. The first-order valence-electron chi connectivity index (χ1n) is 6.74. The van der Waals surface area contributed by atoms with Crippen LogP contribution in [0.3, 0.4) is 0 Å². The third-order valence-electron chi connectivity index (χ3n) is 2.83. The van der Waals surface area contributed by atoms with E-state index in [0.717, 1.165) is 18.3 Å². The molecule has 1 saturated heterocycles. The fourth-order valence-corrected chi connectivity index (χ4v) is 1.85. The van der Waals surface area contributed by atoms with Gasteiger partial charge in [-0.2, -0.15) is 5.26 Å². The van der Waals surface area contributed by atoms with Gasteiger partial charge in [0, 0.05) is 26.1 Å². The van der Waals surface area contributed by atoms with Crippen molar-refractivity contribution in [2.24, 2.45) is 0 Å². The minimum Gasteiger partial charge on any atom is -0.419 e. The molecule has 0 amide bonds. The van der Waals surface area contributed by atoms with Crippen molar-refractivity contribution in [3.05, 3.63) is 35.5 Å². The summed E-state index contributed by atoms with van der Waals surface area (Å²) in [6.07, 6.45) is -4.16. The van der Waals surface area contributed by atoms with Gasteiger partial charge in [-0.15, -0.1) is 13.2 Å². The number of esters is 2. The van der Waals surface area contributed by atoms with Crippen molar-refractivity contribution < 1.29 is 37.0 Å². The van der Waals surface area contributed by atoms with Crippen molar-refractivity contribution >= 4 is 17.6 Å². The van der Waals surface area contributed by atoms with E-state index in [1.165, 1.54) is 19.9 Å². The predicted molar refractivity (Wildman–Crippen MR) is 75.8 cm³/mol. The molecule has 10 heteroatoms. The Labute approximate surface area is 139 Å². The molecule has 0 spiro atoms. The van der Waals surface area contributed by atoms with Crippen LogP contribution < -0.4 is 10.1 Å². The van der Waals surface area contributed by atoms with Gasteiger partial charge >= 0.3 is 18.3 Å². The lowest BCUT2D eigenvalue weighted by molar-refractivity contribution is -0.274. The minimum absolute atomic E-state index is 0.0734. The number of hydrogen-bond acceptors (Lipinski definition) is 7. The molecule has 0 aliphatic carbocycles. The van der Waals surface area contributed by atoms with Gasteiger partial charge in [0.05, 0.1) is 17.3 Å². The van der Waals surface area contributed by atoms with Gasteiger partial charge in [0.1, 0.15) is 0 Å². The number of carbonyl (C=O) groups excluding carboxylic acids is 2. The van der Waals surface area contributed by atoms with Gasteiger partial charge in [0.2, 0.25) is 0 Å². The molecule has 7 nitrogen and oxygen atoms in total. The van der Waals surface area contributed by atoms with E-state index in [2.05, 4.69) is 10.1 Å². The number of ether oxygens (including phenoxy) is 3. The molecule has 132 valence electrons. The second-order valence-corrected chi connectivity index (χ2v) is 5.25. The number of hydrogen-bond donors (Lipinski definition) is 1. The highest BCUT2D eigenvalue weighted by Crippen LogP contribution is 2.32. The smallest absolute Gasteiger partial charge is 0.419 e. The Hall–Kier alpha value is -3.22. The third-order valence-corrected chi connectivity index (χ3v) is 2.83. The summed E-state index contributed by atoms with van der Waals surface area (Å²) >= 11 is 0. The topological polar surface area (TPSA) is 97.6 Å². The van der Waals surface area contributed by atoms with Crippen LogP contribution in [0.15, 0.2) is 30.0 Å². The maximum atomic E-state index is 12.5. The number of anilines is 1. The highest BCUT2D eigenvalue weighted by Gasteiger charge is 2.39. The summed E-state index contributed by atoms with van der Waals surface area (Å²) in [5.74, 6) is -4.15. The molecule has 1 heterocycles. The third kappa shape index (κ3) is 4.63. The van der Waals surface area contributed by atoms with Crippen molar-refractivity contribution in [3.63, 3.8) is 0 Å². The highest BCUT2D eigenvalue weighted by atomic mass is 19.4. The van der Waals surface area contributed by atoms with E-state index in [1.807, 2.05) is 0 Å². The quantitative estimate of drug-likeness (QED) is 0.505. The SMILES string of the molecule is CC1(C)OC(=O)C(=CNc2ccc(C#N)cc2OC(F)(F)F)C(=O)O1. The molecule has 1 aliphatic rings. The summed E-state index contributed by atoms with van der Waals surface area (Å²) in [6.45, 7) is 2.70. The maximum absolute atomic E-state index is 12.5. The van der Waals surface area contributed by atoms with E-state index >= 15 is 0 Å². The average Bonchev–Trinajstić information content (AvgIpc) is 2.44. The molecular weight excluding hydrogens is 345 g/mol. The van der Waals surface area contributed by atoms with Crippen LogP contribution >= 0.6 is 0 Å². The number of nitrogens with zero attached hydrogens (tertiary/aromatic N) is 1. The van der Waals surface area contributed by atoms with Crippen molar-refractivity contribution in [1.82, 2.24) is 0 Å². The van der Waals surface area contributed by atoms with Gasteiger partial charge in [-0.05, 0) is 12.1 Å². The van der Waals surface area contributed by atoms with E-state index < -0.39 is 35.4 Å². The van der Waals surface area contributed by atoms with Crippen LogP contribution in [0.5, 0.6) is 5.75 Å². The fraction of sp³-hybridized carbons (Fsp3) is 0.267. The average molecular weight is 356 g/mol. The van der Waals surface area contributed by atoms with Gasteiger partial charge in [0.15, 0.2) is 11.3 Å². The Morgan fingerprint density at radius 2 is 1.84 bits per heavy atom. The molecule has 0 unspecified atom stereocenters. The van der Waals surface area contributed by atoms with Crippen LogP contribution in [-0.4, -0.2) is 24.1 Å². The van der Waals surface area contributed by atoms with Crippen molar-refractivity contribution in [3.8, 4) is 11.8 Å². The highest BCUT2D eigenvalue weighted by molar-refractivity contribution is 6.15. The van der Waals surface area contributed by atoms with Gasteiger partial charge in [-0.25, -0.2) is 9.59 Å². The molecular formula is C15H11F3N2O5. The molecule has 0 saturated carbocycles. The molecule has 1 aliphatic heterocycles. The zero-order valence-corrected chi connectivity index (χ0v) is 12.9. The Bertz CT molecular complexity index is 771. The van der Waals surface area contributed by atoms with Crippen LogP contribution in [-0.2, 0) is 19.1 Å². The number of nitrogens with one attached hydrogen (secondary N) is 1. The summed E-state index contributed by atoms with van der Waals surface area (Å²) in [6, 6.07) is 4.88. The number of benzene rings is 1. The summed E-state index contributed by atoms with van der Waals surface area (Å²) in [4.78, 5) is 23.5. The number of carbonyl (C=O) groups is 2. The molecule has 0 bridgehead atoms. The molecule has 0 atom stereocenters. The summed E-state index contributed by atoms with van der Waals surface area (Å²) in [5, 5.41) is 11.1. The molecule has 1 aromatic carbocycles. The van der Waals surface area contributed by atoms with Crippen molar-refractivity contribution in [2.75, 3.05) is 5.32 Å². The van der Waals surface area contributed by atoms with E-state index in [1.54, 1.807) is 6.07 Å². The lowest BCUT2D eigenvalue weighted by Gasteiger charge is -2.29. The first kappa shape index (κ1) is 18.1. The number of cyclic esters (lactones) is 2. The zero-order valence-electron chi connectivity index (χ0n) is 12.9. The lowest BCUT2D eigenvalue weighted by Crippen LogP contribution is -2.42. The van der Waals surface area contributed by atoms with Gasteiger partial charge in [-0.1, -0.05) is 0 Å². The number of nitriles is 1.